The molecule has 0 aliphatic heterocycles. The Kier molecular flexibility index (Phi) is 8.62. The van der Waals surface area contributed by atoms with Gasteiger partial charge < -0.3 is 0 Å². The Bertz CT molecular complexity index is 660. The lowest BCUT2D eigenvalue weighted by molar-refractivity contribution is -0.110. The summed E-state index contributed by atoms with van der Waals surface area (Å²) in [5.74, 6) is 0.0925. The van der Waals surface area contributed by atoms with Gasteiger partial charge in [0.1, 0.15) is 0 Å². The highest BCUT2D eigenvalue weighted by Crippen LogP contribution is 2.23. The molecule has 0 spiro atoms. The molecule has 0 atom stereocenters. The molecule has 0 saturated heterocycles. The normalized spacial score (nSPS) is 12.2. The molecule has 0 unspecified atom stereocenters. The molecular formula is C25H30O. The average molecular weight is 347 g/mol. The molecule has 0 radical (unpaired) electrons. The van der Waals surface area contributed by atoms with Gasteiger partial charge in [0.25, 0.3) is 0 Å². The topological polar surface area (TPSA) is 17.1 Å². The Labute approximate surface area is 158 Å². The fourth-order valence-corrected chi connectivity index (χ4v) is 3.02. The molecule has 0 heterocycles. The smallest absolute Gasteiger partial charge is 0.179 e. The molecule has 0 aromatic heterocycles. The highest BCUT2D eigenvalue weighted by Gasteiger charge is 2.07. The van der Waals surface area contributed by atoms with Gasteiger partial charge in [0.2, 0.25) is 0 Å². The fourth-order valence-electron chi connectivity index (χ4n) is 3.02. The van der Waals surface area contributed by atoms with Crippen LogP contribution in [0.25, 0.3) is 11.1 Å². The Morgan fingerprint density at radius 3 is 1.42 bits per heavy atom. The molecule has 26 heavy (non-hydrogen) atoms. The van der Waals surface area contributed by atoms with E-state index in [9.17, 15) is 4.79 Å². The molecule has 1 heteroatoms. The minimum atomic E-state index is 0.0925. The van der Waals surface area contributed by atoms with Crippen molar-refractivity contribution >= 4 is 16.9 Å². The first-order valence-corrected chi connectivity index (χ1v) is 9.80. The second kappa shape index (κ2) is 11.3. The largest absolute Gasteiger partial charge is 0.290 e. The Balaban J connectivity index is 2.29. The number of hydrogen-bond donors (Lipinski definition) is 0. The van der Waals surface area contributed by atoms with Gasteiger partial charge in [0, 0.05) is 0 Å². The molecule has 0 saturated carbocycles. The summed E-state index contributed by atoms with van der Waals surface area (Å²) in [6.07, 6.45) is 9.99. The van der Waals surface area contributed by atoms with Gasteiger partial charge in [-0.05, 0) is 60.1 Å². The van der Waals surface area contributed by atoms with Crippen molar-refractivity contribution < 1.29 is 4.79 Å². The minimum absolute atomic E-state index is 0.0925. The second-order valence-electron chi connectivity index (χ2n) is 6.68. The Morgan fingerprint density at radius 2 is 1.08 bits per heavy atom. The van der Waals surface area contributed by atoms with E-state index in [2.05, 4.69) is 38.1 Å². The number of allylic oxidation sites excluding steroid dienone is 4. The third-order valence-corrected chi connectivity index (χ3v) is 4.52. The van der Waals surface area contributed by atoms with Gasteiger partial charge in [-0.2, -0.15) is 0 Å². The van der Waals surface area contributed by atoms with Gasteiger partial charge in [-0.25, -0.2) is 0 Å². The van der Waals surface area contributed by atoms with Crippen molar-refractivity contribution in [2.24, 2.45) is 0 Å². The first kappa shape index (κ1) is 19.9. The SMILES string of the molecule is CCCCC(=CC(=O)C=C(CCCC)c1ccccc1)c1ccccc1. The van der Waals surface area contributed by atoms with Crippen molar-refractivity contribution in [2.45, 2.75) is 52.4 Å². The third kappa shape index (κ3) is 6.48. The van der Waals surface area contributed by atoms with Crippen LogP contribution >= 0.6 is 0 Å². The van der Waals surface area contributed by atoms with E-state index >= 15 is 0 Å². The molecule has 2 aromatic carbocycles. The van der Waals surface area contributed by atoms with Crippen molar-refractivity contribution in [2.75, 3.05) is 0 Å². The maximum absolute atomic E-state index is 12.8. The molecule has 1 nitrogen and oxygen atoms in total. The van der Waals surface area contributed by atoms with Crippen LogP contribution in [-0.4, -0.2) is 5.78 Å². The first-order chi connectivity index (χ1) is 12.7. The van der Waals surface area contributed by atoms with Crippen LogP contribution in [0.4, 0.5) is 0 Å². The molecule has 0 fully saturated rings. The van der Waals surface area contributed by atoms with Crippen LogP contribution in [0.1, 0.15) is 63.5 Å². The summed E-state index contributed by atoms with van der Waals surface area (Å²) < 4.78 is 0. The summed E-state index contributed by atoms with van der Waals surface area (Å²) in [5.41, 5.74) is 4.57. The lowest BCUT2D eigenvalue weighted by Crippen LogP contribution is -1.95. The van der Waals surface area contributed by atoms with Crippen molar-refractivity contribution in [3.8, 4) is 0 Å². The van der Waals surface area contributed by atoms with Crippen molar-refractivity contribution in [3.05, 3.63) is 83.9 Å². The number of ketones is 1. The summed E-state index contributed by atoms with van der Waals surface area (Å²) in [5, 5.41) is 0. The van der Waals surface area contributed by atoms with Crippen LogP contribution in [-0.2, 0) is 4.79 Å². The number of benzene rings is 2. The summed E-state index contributed by atoms with van der Waals surface area (Å²) in [6, 6.07) is 20.5. The van der Waals surface area contributed by atoms with Crippen molar-refractivity contribution in [1.82, 2.24) is 0 Å². The minimum Gasteiger partial charge on any atom is -0.290 e. The first-order valence-electron chi connectivity index (χ1n) is 9.80. The Morgan fingerprint density at radius 1 is 0.692 bits per heavy atom. The number of carbonyl (C=O) groups excluding carboxylic acids is 1. The van der Waals surface area contributed by atoms with E-state index in [1.807, 2.05) is 48.6 Å². The number of hydrogen-bond acceptors (Lipinski definition) is 1. The van der Waals surface area contributed by atoms with E-state index in [4.69, 9.17) is 0 Å². The second-order valence-corrected chi connectivity index (χ2v) is 6.68. The number of carbonyl (C=O) groups is 1. The highest BCUT2D eigenvalue weighted by molar-refractivity contribution is 6.08. The molecule has 136 valence electrons. The van der Waals surface area contributed by atoms with Crippen molar-refractivity contribution in [1.29, 1.82) is 0 Å². The molecule has 0 bridgehead atoms. The zero-order valence-electron chi connectivity index (χ0n) is 16.1. The van der Waals surface area contributed by atoms with Gasteiger partial charge in [-0.15, -0.1) is 0 Å². The van der Waals surface area contributed by atoms with Gasteiger partial charge in [0.05, 0.1) is 0 Å². The lowest BCUT2D eigenvalue weighted by Gasteiger charge is -2.08. The predicted octanol–water partition coefficient (Wildman–Crippen LogP) is 7.10. The number of rotatable bonds is 10. The monoisotopic (exact) mass is 346 g/mol. The maximum Gasteiger partial charge on any atom is 0.179 e. The molecule has 0 amide bonds. The number of unbranched alkanes of at least 4 members (excludes halogenated alkanes) is 2. The summed E-state index contributed by atoms with van der Waals surface area (Å²) in [7, 11) is 0. The van der Waals surface area contributed by atoms with E-state index in [1.165, 1.54) is 0 Å². The van der Waals surface area contributed by atoms with E-state index in [1.54, 1.807) is 0 Å². The van der Waals surface area contributed by atoms with Gasteiger partial charge >= 0.3 is 0 Å². The van der Waals surface area contributed by atoms with E-state index in [0.717, 1.165) is 60.8 Å². The van der Waals surface area contributed by atoms with E-state index in [-0.39, 0.29) is 5.78 Å². The van der Waals surface area contributed by atoms with Crippen LogP contribution in [0, 0.1) is 0 Å². The fraction of sp³-hybridized carbons (Fsp3) is 0.320. The highest BCUT2D eigenvalue weighted by atomic mass is 16.1. The molecule has 0 aliphatic rings. The molecule has 2 rings (SSSR count). The molecule has 0 N–H and O–H groups in total. The maximum atomic E-state index is 12.8. The van der Waals surface area contributed by atoms with Gasteiger partial charge in [0.15, 0.2) is 5.78 Å². The van der Waals surface area contributed by atoms with Crippen LogP contribution in [0.3, 0.4) is 0 Å². The van der Waals surface area contributed by atoms with Gasteiger partial charge in [-0.1, -0.05) is 87.4 Å². The van der Waals surface area contributed by atoms with Crippen LogP contribution in [0.2, 0.25) is 0 Å². The Hall–Kier alpha value is -2.41. The van der Waals surface area contributed by atoms with E-state index < -0.39 is 0 Å². The average Bonchev–Trinajstić information content (AvgIpc) is 2.69. The summed E-state index contributed by atoms with van der Waals surface area (Å²) in [4.78, 5) is 12.8. The predicted molar refractivity (Wildman–Crippen MR) is 113 cm³/mol. The standard InChI is InChI=1S/C25H30O/c1-3-5-13-23(21-15-9-7-10-16-21)19-25(26)20-24(14-6-4-2)22-17-11-8-12-18-22/h7-12,15-20H,3-6,13-14H2,1-2H3. The van der Waals surface area contributed by atoms with Crippen LogP contribution < -0.4 is 0 Å². The van der Waals surface area contributed by atoms with Crippen LogP contribution in [0.5, 0.6) is 0 Å². The van der Waals surface area contributed by atoms with Crippen LogP contribution in [0.15, 0.2) is 72.8 Å². The molecule has 2 aromatic rings. The zero-order valence-corrected chi connectivity index (χ0v) is 16.1. The molecule has 0 aliphatic carbocycles. The van der Waals surface area contributed by atoms with Gasteiger partial charge in [-0.3, -0.25) is 4.79 Å². The summed E-state index contributed by atoms with van der Waals surface area (Å²) in [6.45, 7) is 4.37. The summed E-state index contributed by atoms with van der Waals surface area (Å²) >= 11 is 0. The lowest BCUT2D eigenvalue weighted by atomic mass is 9.96. The molecular weight excluding hydrogens is 316 g/mol. The van der Waals surface area contributed by atoms with Crippen molar-refractivity contribution in [3.63, 3.8) is 0 Å². The zero-order chi connectivity index (χ0) is 18.6. The quantitative estimate of drug-likeness (QED) is 0.419. The van der Waals surface area contributed by atoms with E-state index in [0.29, 0.717) is 0 Å². The third-order valence-electron chi connectivity index (χ3n) is 4.52.